The van der Waals surface area contributed by atoms with E-state index < -0.39 is 5.69 Å². The molecule has 0 bridgehead atoms. The number of carbonyl (C=O) groups is 1. The van der Waals surface area contributed by atoms with Gasteiger partial charge >= 0.3 is 5.69 Å². The van der Waals surface area contributed by atoms with Crippen LogP contribution in [-0.4, -0.2) is 35.9 Å². The van der Waals surface area contributed by atoms with E-state index in [1.807, 2.05) is 6.92 Å². The van der Waals surface area contributed by atoms with Crippen molar-refractivity contribution in [2.75, 3.05) is 26.1 Å². The largest absolute Gasteiger partial charge is 0.494 e. The molecule has 9 heteroatoms. The monoisotopic (exact) mass is 467 g/mol. The highest BCUT2D eigenvalue weighted by molar-refractivity contribution is 5.92. The van der Waals surface area contributed by atoms with Gasteiger partial charge in [0.05, 0.1) is 31.7 Å². The molecule has 1 fully saturated rings. The van der Waals surface area contributed by atoms with Gasteiger partial charge < -0.3 is 19.5 Å². The van der Waals surface area contributed by atoms with Crippen molar-refractivity contribution in [3.63, 3.8) is 0 Å². The number of hydrogen-bond donors (Lipinski definition) is 1. The molecule has 1 heterocycles. The molecular formula is C25H29N3O6. The number of hydrogen-bond acceptors (Lipinski definition) is 6. The summed E-state index contributed by atoms with van der Waals surface area (Å²) in [5.74, 6) is 1.06. The number of nitrogens with one attached hydrogen (secondary N) is 1. The Bertz CT molecular complexity index is 1300. The minimum absolute atomic E-state index is 0.182. The van der Waals surface area contributed by atoms with E-state index in [0.29, 0.717) is 40.4 Å². The standard InChI is InChI=1S/C25H29N3O6/c1-4-34-18-11-9-16(10-12-18)26-23(29)15-27-20-14-22(33-3)21(32-2)13-19(20)24(30)28(25(27)31)17-7-5-6-8-17/h9-14,17H,4-8,15H2,1-3H3,(H,26,29). The number of rotatable bonds is 8. The van der Waals surface area contributed by atoms with Crippen LogP contribution in [0.1, 0.15) is 38.6 Å². The minimum atomic E-state index is -0.501. The van der Waals surface area contributed by atoms with Crippen molar-refractivity contribution < 1.29 is 19.0 Å². The molecule has 2 aromatic carbocycles. The normalized spacial score (nSPS) is 13.7. The van der Waals surface area contributed by atoms with E-state index in [4.69, 9.17) is 14.2 Å². The third-order valence-electron chi connectivity index (χ3n) is 6.12. The van der Waals surface area contributed by atoms with Gasteiger partial charge in [0.25, 0.3) is 5.56 Å². The number of ether oxygens (including phenoxy) is 3. The summed E-state index contributed by atoms with van der Waals surface area (Å²) in [4.78, 5) is 39.8. The Morgan fingerprint density at radius 2 is 1.68 bits per heavy atom. The van der Waals surface area contributed by atoms with Crippen molar-refractivity contribution >= 4 is 22.5 Å². The average molecular weight is 468 g/mol. The summed E-state index contributed by atoms with van der Waals surface area (Å²) < 4.78 is 18.8. The molecule has 1 aromatic heterocycles. The Morgan fingerprint density at radius 3 is 2.29 bits per heavy atom. The number of benzene rings is 2. The average Bonchev–Trinajstić information content (AvgIpc) is 3.37. The van der Waals surface area contributed by atoms with Gasteiger partial charge in [-0.3, -0.25) is 18.7 Å². The molecule has 1 aliphatic carbocycles. The molecule has 180 valence electrons. The second-order valence-electron chi connectivity index (χ2n) is 8.21. The van der Waals surface area contributed by atoms with Crippen molar-refractivity contribution in [1.82, 2.24) is 9.13 Å². The molecule has 1 amide bonds. The zero-order valence-electron chi connectivity index (χ0n) is 19.6. The first kappa shape index (κ1) is 23.4. The summed E-state index contributed by atoms with van der Waals surface area (Å²) in [6.45, 7) is 2.19. The van der Waals surface area contributed by atoms with Crippen LogP contribution in [0.15, 0.2) is 46.0 Å². The number of anilines is 1. The highest BCUT2D eigenvalue weighted by Gasteiger charge is 2.25. The van der Waals surface area contributed by atoms with E-state index in [0.717, 1.165) is 25.7 Å². The lowest BCUT2D eigenvalue weighted by molar-refractivity contribution is -0.116. The maximum absolute atomic E-state index is 13.5. The number of aromatic nitrogens is 2. The molecule has 0 saturated heterocycles. The smallest absolute Gasteiger partial charge is 0.332 e. The molecule has 3 aromatic rings. The molecule has 1 aliphatic rings. The van der Waals surface area contributed by atoms with E-state index in [1.54, 1.807) is 36.4 Å². The molecule has 0 aliphatic heterocycles. The summed E-state index contributed by atoms with van der Waals surface area (Å²) in [5, 5.41) is 3.11. The topological polar surface area (TPSA) is 101 Å². The maximum Gasteiger partial charge on any atom is 0.332 e. The fourth-order valence-electron chi connectivity index (χ4n) is 4.50. The maximum atomic E-state index is 13.5. The van der Waals surface area contributed by atoms with E-state index in [2.05, 4.69) is 5.32 Å². The van der Waals surface area contributed by atoms with Crippen molar-refractivity contribution in [2.24, 2.45) is 0 Å². The second kappa shape index (κ2) is 10.0. The van der Waals surface area contributed by atoms with Crippen molar-refractivity contribution in [1.29, 1.82) is 0 Å². The fraction of sp³-hybridized carbons (Fsp3) is 0.400. The van der Waals surface area contributed by atoms with Crippen LogP contribution >= 0.6 is 0 Å². The van der Waals surface area contributed by atoms with Gasteiger partial charge in [-0.15, -0.1) is 0 Å². The van der Waals surface area contributed by atoms with Crippen molar-refractivity contribution in [3.05, 3.63) is 57.2 Å². The molecular weight excluding hydrogens is 438 g/mol. The Kier molecular flexibility index (Phi) is 6.90. The first-order chi connectivity index (χ1) is 16.5. The summed E-state index contributed by atoms with van der Waals surface area (Å²) in [7, 11) is 2.96. The van der Waals surface area contributed by atoms with E-state index in [1.165, 1.54) is 23.4 Å². The number of carbonyl (C=O) groups excluding carboxylic acids is 1. The fourth-order valence-corrected chi connectivity index (χ4v) is 4.50. The molecule has 0 spiro atoms. The highest BCUT2D eigenvalue weighted by atomic mass is 16.5. The van der Waals surface area contributed by atoms with Crippen molar-refractivity contribution in [3.8, 4) is 17.2 Å². The third kappa shape index (κ3) is 4.50. The van der Waals surface area contributed by atoms with Crippen LogP contribution in [-0.2, 0) is 11.3 Å². The van der Waals surface area contributed by atoms with Crippen LogP contribution in [0.25, 0.3) is 10.9 Å². The summed E-state index contributed by atoms with van der Waals surface area (Å²) in [5.41, 5.74) is 0.0207. The molecule has 0 radical (unpaired) electrons. The third-order valence-corrected chi connectivity index (χ3v) is 6.12. The Morgan fingerprint density at radius 1 is 1.03 bits per heavy atom. The van der Waals surface area contributed by atoms with Crippen LogP contribution in [0, 0.1) is 0 Å². The number of amides is 1. The van der Waals surface area contributed by atoms with E-state index >= 15 is 0 Å². The van der Waals surface area contributed by atoms with Crippen LogP contribution in [0.4, 0.5) is 5.69 Å². The van der Waals surface area contributed by atoms with E-state index in [9.17, 15) is 14.4 Å². The van der Waals surface area contributed by atoms with Crippen molar-refractivity contribution in [2.45, 2.75) is 45.2 Å². The van der Waals surface area contributed by atoms with Gasteiger partial charge in [-0.1, -0.05) is 12.8 Å². The predicted molar refractivity (Wildman–Crippen MR) is 129 cm³/mol. The lowest BCUT2D eigenvalue weighted by Gasteiger charge is -2.19. The quantitative estimate of drug-likeness (QED) is 0.545. The zero-order valence-corrected chi connectivity index (χ0v) is 19.6. The predicted octanol–water partition coefficient (Wildman–Crippen LogP) is 3.33. The first-order valence-corrected chi connectivity index (χ1v) is 11.4. The molecule has 34 heavy (non-hydrogen) atoms. The summed E-state index contributed by atoms with van der Waals surface area (Å²) in [6, 6.07) is 9.95. The highest BCUT2D eigenvalue weighted by Crippen LogP contribution is 2.32. The Balaban J connectivity index is 1.77. The molecule has 1 N–H and O–H groups in total. The first-order valence-electron chi connectivity index (χ1n) is 11.4. The van der Waals surface area contributed by atoms with Gasteiger partial charge in [0, 0.05) is 17.8 Å². The molecule has 0 unspecified atom stereocenters. The van der Waals surface area contributed by atoms with Crippen LogP contribution < -0.4 is 30.8 Å². The number of nitrogens with zero attached hydrogens (tertiary/aromatic N) is 2. The Labute approximate surface area is 196 Å². The van der Waals surface area contributed by atoms with Gasteiger partial charge in [0.15, 0.2) is 11.5 Å². The van der Waals surface area contributed by atoms with Gasteiger partial charge in [0.1, 0.15) is 12.3 Å². The molecule has 4 rings (SSSR count). The van der Waals surface area contributed by atoms with Gasteiger partial charge in [-0.25, -0.2) is 4.79 Å². The lowest BCUT2D eigenvalue weighted by atomic mass is 10.2. The Hall–Kier alpha value is -3.75. The molecule has 9 nitrogen and oxygen atoms in total. The summed E-state index contributed by atoms with van der Waals surface area (Å²) in [6.07, 6.45) is 3.43. The summed E-state index contributed by atoms with van der Waals surface area (Å²) >= 11 is 0. The van der Waals surface area contributed by atoms with Gasteiger partial charge in [-0.2, -0.15) is 0 Å². The molecule has 1 saturated carbocycles. The van der Waals surface area contributed by atoms with E-state index in [-0.39, 0.29) is 24.1 Å². The van der Waals surface area contributed by atoms with Crippen LogP contribution in [0.2, 0.25) is 0 Å². The van der Waals surface area contributed by atoms with Gasteiger partial charge in [-0.05, 0) is 50.1 Å². The lowest BCUT2D eigenvalue weighted by Crippen LogP contribution is -2.43. The zero-order chi connectivity index (χ0) is 24.2. The SMILES string of the molecule is CCOc1ccc(NC(=O)Cn2c(=O)n(C3CCCC3)c(=O)c3cc(OC)c(OC)cc32)cc1. The van der Waals surface area contributed by atoms with Crippen LogP contribution in [0.5, 0.6) is 17.2 Å². The minimum Gasteiger partial charge on any atom is -0.494 e. The number of fused-ring (bicyclic) bond motifs is 1. The number of methoxy groups -OCH3 is 2. The second-order valence-corrected chi connectivity index (χ2v) is 8.21. The van der Waals surface area contributed by atoms with Crippen LogP contribution in [0.3, 0.4) is 0 Å². The van der Waals surface area contributed by atoms with Gasteiger partial charge in [0.2, 0.25) is 5.91 Å². The molecule has 0 atom stereocenters.